The molecular formula is C27H35NO3. The Morgan fingerprint density at radius 2 is 1.94 bits per heavy atom. The van der Waals surface area contributed by atoms with Gasteiger partial charge in [-0.1, -0.05) is 84.1 Å². The Hall–Kier alpha value is -2.43. The standard InChI is InChI=1S/C27H35NO3/c1-4-5-6-7-10-22-17-20-13-12-18(2)16-21-14-15-24(29)26(30)25(21)19(3)9-8-11-23(20)27(31)28-22/h4-9,11-16,20-26,29-30H,10,17H2,1-3H3,(H,28,31)/b5-4+,7-6+,11-8-,13-12-,18-16+,19-9+/t20-,21+,22+,23+,24+,25+,26+/m0/s1. The molecule has 1 aliphatic heterocycles. The van der Waals surface area contributed by atoms with Gasteiger partial charge >= 0.3 is 0 Å². The van der Waals surface area contributed by atoms with Gasteiger partial charge in [-0.25, -0.2) is 0 Å². The minimum absolute atomic E-state index is 0.0158. The zero-order valence-electron chi connectivity index (χ0n) is 18.7. The molecule has 0 aromatic carbocycles. The number of nitrogens with one attached hydrogen (secondary N) is 1. The Kier molecular flexibility index (Phi) is 8.05. The van der Waals surface area contributed by atoms with E-state index in [4.69, 9.17) is 0 Å². The molecule has 0 aromatic heterocycles. The van der Waals surface area contributed by atoms with Crippen LogP contribution in [0.5, 0.6) is 0 Å². The summed E-state index contributed by atoms with van der Waals surface area (Å²) in [6.07, 6.45) is 24.0. The average Bonchev–Trinajstić information content (AvgIpc) is 2.73. The van der Waals surface area contributed by atoms with Gasteiger partial charge < -0.3 is 15.5 Å². The molecule has 0 radical (unpaired) electrons. The first-order chi connectivity index (χ1) is 14.9. The summed E-state index contributed by atoms with van der Waals surface area (Å²) in [5.74, 6) is -0.216. The summed E-state index contributed by atoms with van der Waals surface area (Å²) in [6, 6.07) is 0.130. The van der Waals surface area contributed by atoms with Crippen molar-refractivity contribution in [1.82, 2.24) is 5.32 Å². The highest BCUT2D eigenvalue weighted by Crippen LogP contribution is 2.34. The third-order valence-electron chi connectivity index (χ3n) is 6.46. The number of hydrogen-bond donors (Lipinski definition) is 3. The van der Waals surface area contributed by atoms with Gasteiger partial charge in [0, 0.05) is 17.9 Å². The second kappa shape index (κ2) is 10.7. The van der Waals surface area contributed by atoms with Gasteiger partial charge in [0.1, 0.15) is 0 Å². The lowest BCUT2D eigenvalue weighted by Gasteiger charge is -2.35. The van der Waals surface area contributed by atoms with Crippen molar-refractivity contribution in [3.8, 4) is 0 Å². The number of aliphatic hydroxyl groups excluding tert-OH is 2. The fourth-order valence-electron chi connectivity index (χ4n) is 4.76. The number of amides is 1. The zero-order chi connectivity index (χ0) is 22.4. The zero-order valence-corrected chi connectivity index (χ0v) is 18.7. The Balaban J connectivity index is 1.88. The first-order valence-corrected chi connectivity index (χ1v) is 11.2. The van der Waals surface area contributed by atoms with Gasteiger partial charge in [0.25, 0.3) is 0 Å². The molecule has 0 aromatic rings. The third-order valence-corrected chi connectivity index (χ3v) is 6.46. The Morgan fingerprint density at radius 1 is 1.13 bits per heavy atom. The summed E-state index contributed by atoms with van der Waals surface area (Å²) in [5, 5.41) is 23.9. The summed E-state index contributed by atoms with van der Waals surface area (Å²) in [6.45, 7) is 6.02. The number of piperidine rings is 1. The molecule has 1 amide bonds. The van der Waals surface area contributed by atoms with E-state index in [-0.39, 0.29) is 35.6 Å². The molecule has 0 unspecified atom stereocenters. The maximum atomic E-state index is 12.9. The second-order valence-electron chi connectivity index (χ2n) is 8.86. The molecule has 4 heteroatoms. The SMILES string of the molecule is C/C=C/C=C/C[C@@H]1C[C@@H]2/C=C\C(C)=C\[C@H]3C=C[C@@H](O)[C@@H](O)[C@@H]3/C(C)=C/C=C\[C@H]2C(=O)N1. The van der Waals surface area contributed by atoms with Crippen LogP contribution in [0.1, 0.15) is 33.6 Å². The van der Waals surface area contributed by atoms with Gasteiger partial charge in [-0.15, -0.1) is 0 Å². The molecule has 0 spiro atoms. The van der Waals surface area contributed by atoms with Gasteiger partial charge in [0.2, 0.25) is 5.91 Å². The molecule has 2 aliphatic carbocycles. The van der Waals surface area contributed by atoms with Crippen LogP contribution >= 0.6 is 0 Å². The largest absolute Gasteiger partial charge is 0.389 e. The van der Waals surface area contributed by atoms with Crippen LogP contribution in [0.25, 0.3) is 0 Å². The Labute approximate surface area is 186 Å². The highest BCUT2D eigenvalue weighted by Gasteiger charge is 2.35. The topological polar surface area (TPSA) is 69.6 Å². The van der Waals surface area contributed by atoms with Crippen LogP contribution in [0.15, 0.2) is 84.1 Å². The monoisotopic (exact) mass is 421 g/mol. The van der Waals surface area contributed by atoms with Crippen molar-refractivity contribution < 1.29 is 15.0 Å². The lowest BCUT2D eigenvalue weighted by atomic mass is 9.75. The van der Waals surface area contributed by atoms with Crippen LogP contribution in [0.2, 0.25) is 0 Å². The molecule has 3 N–H and O–H groups in total. The van der Waals surface area contributed by atoms with Crippen LogP contribution in [0, 0.1) is 23.7 Å². The van der Waals surface area contributed by atoms with Crippen molar-refractivity contribution in [1.29, 1.82) is 0 Å². The second-order valence-corrected chi connectivity index (χ2v) is 8.86. The first kappa shape index (κ1) is 23.2. The van der Waals surface area contributed by atoms with Crippen LogP contribution in [0.3, 0.4) is 0 Å². The molecular weight excluding hydrogens is 386 g/mol. The van der Waals surface area contributed by atoms with Crippen molar-refractivity contribution in [2.75, 3.05) is 0 Å². The van der Waals surface area contributed by atoms with Crippen molar-refractivity contribution in [3.63, 3.8) is 0 Å². The van der Waals surface area contributed by atoms with Gasteiger partial charge in [0.15, 0.2) is 0 Å². The van der Waals surface area contributed by atoms with E-state index in [2.05, 4.69) is 36.5 Å². The van der Waals surface area contributed by atoms with Gasteiger partial charge in [0.05, 0.1) is 18.1 Å². The quantitative estimate of drug-likeness (QED) is 0.473. The van der Waals surface area contributed by atoms with E-state index >= 15 is 0 Å². The lowest BCUT2D eigenvalue weighted by molar-refractivity contribution is -0.127. The molecule has 0 saturated carbocycles. The fraction of sp³-hybridized carbons (Fsp3) is 0.444. The molecule has 4 nitrogen and oxygen atoms in total. The summed E-state index contributed by atoms with van der Waals surface area (Å²) in [4.78, 5) is 12.9. The number of carbonyl (C=O) groups excluding carboxylic acids is 1. The van der Waals surface area contributed by atoms with Gasteiger partial charge in [-0.3, -0.25) is 4.79 Å². The predicted molar refractivity (Wildman–Crippen MR) is 126 cm³/mol. The van der Waals surface area contributed by atoms with Crippen LogP contribution in [-0.4, -0.2) is 34.4 Å². The maximum absolute atomic E-state index is 12.9. The molecule has 166 valence electrons. The van der Waals surface area contributed by atoms with Crippen molar-refractivity contribution in [2.24, 2.45) is 23.7 Å². The number of aliphatic hydroxyl groups is 2. The highest BCUT2D eigenvalue weighted by molar-refractivity contribution is 5.82. The molecule has 3 rings (SSSR count). The van der Waals surface area contributed by atoms with Gasteiger partial charge in [-0.2, -0.15) is 0 Å². The van der Waals surface area contributed by atoms with E-state index in [1.165, 1.54) is 0 Å². The predicted octanol–water partition coefficient (Wildman–Crippen LogP) is 4.17. The van der Waals surface area contributed by atoms with Crippen LogP contribution in [0.4, 0.5) is 0 Å². The Morgan fingerprint density at radius 3 is 2.71 bits per heavy atom. The fourth-order valence-corrected chi connectivity index (χ4v) is 4.76. The first-order valence-electron chi connectivity index (χ1n) is 11.2. The van der Waals surface area contributed by atoms with Crippen molar-refractivity contribution in [3.05, 3.63) is 84.1 Å². The number of allylic oxidation sites excluding steroid dienone is 10. The Bertz CT molecular complexity index is 858. The van der Waals surface area contributed by atoms with Crippen LogP contribution in [-0.2, 0) is 4.79 Å². The average molecular weight is 422 g/mol. The van der Waals surface area contributed by atoms with Crippen LogP contribution < -0.4 is 5.32 Å². The normalized spacial score (nSPS) is 41.7. The molecule has 0 bridgehead atoms. The third kappa shape index (κ3) is 5.84. The summed E-state index contributed by atoms with van der Waals surface area (Å²) in [7, 11) is 0. The van der Waals surface area contributed by atoms with Gasteiger partial charge in [-0.05, 0) is 39.5 Å². The molecule has 7 atom stereocenters. The summed E-state index contributed by atoms with van der Waals surface area (Å²) in [5.41, 5.74) is 2.08. The molecule has 1 fully saturated rings. The number of carbonyl (C=O) groups is 1. The smallest absolute Gasteiger partial charge is 0.227 e. The number of hydrogen-bond acceptors (Lipinski definition) is 3. The minimum atomic E-state index is -0.863. The van der Waals surface area contributed by atoms with E-state index in [1.807, 2.05) is 56.4 Å². The number of rotatable bonds is 3. The maximum Gasteiger partial charge on any atom is 0.227 e. The molecule has 1 saturated heterocycles. The summed E-state index contributed by atoms with van der Waals surface area (Å²) >= 11 is 0. The minimum Gasteiger partial charge on any atom is -0.389 e. The molecule has 1 heterocycles. The molecule has 31 heavy (non-hydrogen) atoms. The van der Waals surface area contributed by atoms with E-state index in [9.17, 15) is 15.0 Å². The summed E-state index contributed by atoms with van der Waals surface area (Å²) < 4.78 is 0. The number of fused-ring (bicyclic) bond motifs is 2. The lowest BCUT2D eigenvalue weighted by Crippen LogP contribution is -2.47. The van der Waals surface area contributed by atoms with Crippen molar-refractivity contribution in [2.45, 2.75) is 51.9 Å². The van der Waals surface area contributed by atoms with E-state index in [1.54, 1.807) is 6.08 Å². The van der Waals surface area contributed by atoms with E-state index in [0.717, 1.165) is 24.0 Å². The van der Waals surface area contributed by atoms with Crippen molar-refractivity contribution >= 4 is 5.91 Å². The van der Waals surface area contributed by atoms with E-state index < -0.39 is 12.2 Å². The van der Waals surface area contributed by atoms with E-state index in [0.29, 0.717) is 0 Å². The highest BCUT2D eigenvalue weighted by atomic mass is 16.3. The molecule has 3 aliphatic rings.